The Bertz CT molecular complexity index is 612. The van der Waals surface area contributed by atoms with Gasteiger partial charge in [-0.05, 0) is 19.1 Å². The summed E-state index contributed by atoms with van der Waals surface area (Å²) in [6.45, 7) is 2.70. The van der Waals surface area contributed by atoms with Gasteiger partial charge in [0.1, 0.15) is 5.02 Å². The van der Waals surface area contributed by atoms with Crippen molar-refractivity contribution in [3.8, 4) is 5.88 Å². The van der Waals surface area contributed by atoms with E-state index in [1.807, 2.05) is 20.0 Å². The van der Waals surface area contributed by atoms with Crippen LogP contribution < -0.4 is 10.1 Å². The van der Waals surface area contributed by atoms with Gasteiger partial charge in [0, 0.05) is 19.4 Å². The maximum Gasteiger partial charge on any atom is 0.253 e. The maximum absolute atomic E-state index is 12.0. The van der Waals surface area contributed by atoms with Gasteiger partial charge >= 0.3 is 0 Å². The fraction of sp³-hybridized carbons (Fsp3) is 0.308. The van der Waals surface area contributed by atoms with Crippen LogP contribution in [-0.4, -0.2) is 27.3 Å². The molecule has 1 amide bonds. The molecule has 0 atom stereocenters. The van der Waals surface area contributed by atoms with Gasteiger partial charge in [-0.1, -0.05) is 11.6 Å². The molecule has 0 radical (unpaired) electrons. The standard InChI is InChI=1S/C13H15ClN4O2/c1-3-20-13-11(14)6-9(7-16-13)12(19)15-8-10-4-5-17-18(10)2/h4-7H,3,8H2,1-2H3,(H,15,19). The number of pyridine rings is 1. The van der Waals surface area contributed by atoms with Crippen LogP contribution in [0.3, 0.4) is 0 Å². The van der Waals surface area contributed by atoms with Crippen LogP contribution >= 0.6 is 11.6 Å². The van der Waals surface area contributed by atoms with Gasteiger partial charge < -0.3 is 10.1 Å². The number of aromatic nitrogens is 3. The van der Waals surface area contributed by atoms with Crippen LogP contribution in [0.2, 0.25) is 5.02 Å². The molecule has 0 spiro atoms. The highest BCUT2D eigenvalue weighted by atomic mass is 35.5. The minimum absolute atomic E-state index is 0.247. The second-order valence-corrected chi connectivity index (χ2v) is 4.48. The van der Waals surface area contributed by atoms with Gasteiger partial charge in [0.2, 0.25) is 5.88 Å². The minimum atomic E-state index is -0.247. The second kappa shape index (κ2) is 6.38. The van der Waals surface area contributed by atoms with Crippen LogP contribution in [0.4, 0.5) is 0 Å². The molecule has 20 heavy (non-hydrogen) atoms. The number of carbonyl (C=O) groups is 1. The van der Waals surface area contributed by atoms with E-state index in [4.69, 9.17) is 16.3 Å². The third kappa shape index (κ3) is 3.27. The monoisotopic (exact) mass is 294 g/mol. The number of amides is 1. The summed E-state index contributed by atoms with van der Waals surface area (Å²) in [6.07, 6.45) is 3.12. The van der Waals surface area contributed by atoms with Crippen LogP contribution in [0, 0.1) is 0 Å². The number of hydrogen-bond donors (Lipinski definition) is 1. The number of aryl methyl sites for hydroxylation is 1. The summed E-state index contributed by atoms with van der Waals surface area (Å²) in [5, 5.41) is 7.13. The van der Waals surface area contributed by atoms with Gasteiger partial charge in [-0.3, -0.25) is 9.48 Å². The Kier molecular flexibility index (Phi) is 4.57. The first-order valence-electron chi connectivity index (χ1n) is 6.15. The van der Waals surface area contributed by atoms with Crippen LogP contribution in [-0.2, 0) is 13.6 Å². The Morgan fingerprint density at radius 2 is 2.35 bits per heavy atom. The van der Waals surface area contributed by atoms with Gasteiger partial charge in [0.25, 0.3) is 5.91 Å². The van der Waals surface area contributed by atoms with Gasteiger partial charge in [-0.15, -0.1) is 0 Å². The summed E-state index contributed by atoms with van der Waals surface area (Å²) >= 11 is 6.00. The van der Waals surface area contributed by atoms with E-state index >= 15 is 0 Å². The van der Waals surface area contributed by atoms with Crippen LogP contribution in [0.25, 0.3) is 0 Å². The topological polar surface area (TPSA) is 69.0 Å². The second-order valence-electron chi connectivity index (χ2n) is 4.07. The van der Waals surface area contributed by atoms with E-state index in [1.165, 1.54) is 12.3 Å². The van der Waals surface area contributed by atoms with Crippen molar-refractivity contribution in [3.63, 3.8) is 0 Å². The molecule has 6 nitrogen and oxygen atoms in total. The van der Waals surface area contributed by atoms with Crippen molar-refractivity contribution in [1.82, 2.24) is 20.1 Å². The molecule has 0 bridgehead atoms. The predicted octanol–water partition coefficient (Wildman–Crippen LogP) is 1.80. The SMILES string of the molecule is CCOc1ncc(C(=O)NCc2ccnn2C)cc1Cl. The van der Waals surface area contributed by atoms with Crippen molar-refractivity contribution in [2.24, 2.45) is 7.05 Å². The van der Waals surface area contributed by atoms with Crippen LogP contribution in [0.5, 0.6) is 5.88 Å². The van der Waals surface area contributed by atoms with E-state index in [1.54, 1.807) is 10.9 Å². The minimum Gasteiger partial charge on any atom is -0.477 e. The van der Waals surface area contributed by atoms with Crippen LogP contribution in [0.1, 0.15) is 23.0 Å². The van der Waals surface area contributed by atoms with E-state index in [0.29, 0.717) is 29.6 Å². The van der Waals surface area contributed by atoms with Crippen molar-refractivity contribution >= 4 is 17.5 Å². The zero-order valence-electron chi connectivity index (χ0n) is 11.3. The average molecular weight is 295 g/mol. The van der Waals surface area contributed by atoms with Crippen molar-refractivity contribution in [2.75, 3.05) is 6.61 Å². The number of halogens is 1. The molecular formula is C13H15ClN4O2. The van der Waals surface area contributed by atoms with Gasteiger partial charge in [0.15, 0.2) is 0 Å². The Morgan fingerprint density at radius 1 is 1.55 bits per heavy atom. The Labute approximate surface area is 121 Å². The zero-order chi connectivity index (χ0) is 14.5. The normalized spacial score (nSPS) is 10.3. The molecule has 2 heterocycles. The van der Waals surface area contributed by atoms with Gasteiger partial charge in [-0.2, -0.15) is 5.10 Å². The average Bonchev–Trinajstić information content (AvgIpc) is 2.84. The van der Waals surface area contributed by atoms with Crippen molar-refractivity contribution < 1.29 is 9.53 Å². The highest BCUT2D eigenvalue weighted by Gasteiger charge is 2.11. The van der Waals surface area contributed by atoms with Crippen molar-refractivity contribution in [3.05, 3.63) is 40.8 Å². The molecule has 0 fully saturated rings. The van der Waals surface area contributed by atoms with Gasteiger partial charge in [0.05, 0.1) is 24.4 Å². The van der Waals surface area contributed by atoms with Crippen molar-refractivity contribution in [1.29, 1.82) is 0 Å². The largest absolute Gasteiger partial charge is 0.477 e. The first-order chi connectivity index (χ1) is 9.61. The molecule has 1 N–H and O–H groups in total. The summed E-state index contributed by atoms with van der Waals surface area (Å²) < 4.78 is 6.92. The van der Waals surface area contributed by atoms with Crippen molar-refractivity contribution in [2.45, 2.75) is 13.5 Å². The molecule has 2 rings (SSSR count). The summed E-state index contributed by atoms with van der Waals surface area (Å²) in [7, 11) is 1.82. The molecule has 7 heteroatoms. The smallest absolute Gasteiger partial charge is 0.253 e. The summed E-state index contributed by atoms with van der Waals surface area (Å²) in [5.74, 6) is 0.0843. The molecular weight excluding hydrogens is 280 g/mol. The highest BCUT2D eigenvalue weighted by Crippen LogP contribution is 2.22. The molecule has 0 saturated heterocycles. The van der Waals surface area contributed by atoms with E-state index in [-0.39, 0.29) is 5.91 Å². The summed E-state index contributed by atoms with van der Waals surface area (Å²) in [6, 6.07) is 3.38. The number of ether oxygens (including phenoxy) is 1. The van der Waals surface area contributed by atoms with Gasteiger partial charge in [-0.25, -0.2) is 4.98 Å². The molecule has 0 aliphatic carbocycles. The number of nitrogens with one attached hydrogen (secondary N) is 1. The predicted molar refractivity (Wildman–Crippen MR) is 74.8 cm³/mol. The molecule has 0 aliphatic rings. The number of rotatable bonds is 5. The molecule has 106 valence electrons. The Morgan fingerprint density at radius 3 is 2.95 bits per heavy atom. The lowest BCUT2D eigenvalue weighted by Gasteiger charge is -2.08. The lowest BCUT2D eigenvalue weighted by molar-refractivity contribution is 0.0949. The lowest BCUT2D eigenvalue weighted by atomic mass is 10.2. The Hall–Kier alpha value is -2.08. The van der Waals surface area contributed by atoms with Crippen LogP contribution in [0.15, 0.2) is 24.5 Å². The molecule has 0 unspecified atom stereocenters. The lowest BCUT2D eigenvalue weighted by Crippen LogP contribution is -2.24. The Balaban J connectivity index is 2.02. The third-order valence-corrected chi connectivity index (χ3v) is 2.97. The number of hydrogen-bond acceptors (Lipinski definition) is 4. The molecule has 2 aromatic heterocycles. The molecule has 0 aliphatic heterocycles. The quantitative estimate of drug-likeness (QED) is 0.913. The first kappa shape index (κ1) is 14.3. The highest BCUT2D eigenvalue weighted by molar-refractivity contribution is 6.32. The van der Waals surface area contributed by atoms with E-state index < -0.39 is 0 Å². The zero-order valence-corrected chi connectivity index (χ0v) is 12.0. The third-order valence-electron chi connectivity index (χ3n) is 2.70. The molecule has 0 aromatic carbocycles. The van der Waals surface area contributed by atoms with E-state index in [0.717, 1.165) is 5.69 Å². The number of nitrogens with zero attached hydrogens (tertiary/aromatic N) is 3. The molecule has 0 saturated carbocycles. The van der Waals surface area contributed by atoms with E-state index in [2.05, 4.69) is 15.4 Å². The molecule has 2 aromatic rings. The fourth-order valence-electron chi connectivity index (χ4n) is 1.64. The summed E-state index contributed by atoms with van der Waals surface area (Å²) in [4.78, 5) is 16.0. The fourth-order valence-corrected chi connectivity index (χ4v) is 1.86. The summed E-state index contributed by atoms with van der Waals surface area (Å²) in [5.41, 5.74) is 1.30. The first-order valence-corrected chi connectivity index (χ1v) is 6.53. The number of carbonyl (C=O) groups excluding carboxylic acids is 1. The maximum atomic E-state index is 12.0. The van der Waals surface area contributed by atoms with E-state index in [9.17, 15) is 4.79 Å².